The molecule has 1 unspecified atom stereocenters. The first kappa shape index (κ1) is 11.4. The highest BCUT2D eigenvalue weighted by molar-refractivity contribution is 5.57. The fourth-order valence-corrected chi connectivity index (χ4v) is 2.14. The predicted octanol–water partition coefficient (Wildman–Crippen LogP) is 1.44. The van der Waals surface area contributed by atoms with E-state index < -0.39 is 0 Å². The summed E-state index contributed by atoms with van der Waals surface area (Å²) in [5.41, 5.74) is 2.85. The summed E-state index contributed by atoms with van der Waals surface area (Å²) in [6, 6.07) is 5.99. The van der Waals surface area contributed by atoms with Crippen LogP contribution in [0, 0.1) is 6.92 Å². The molecule has 0 aromatic carbocycles. The molecule has 0 bridgehead atoms. The first-order valence-electron chi connectivity index (χ1n) is 6.13. The van der Waals surface area contributed by atoms with Crippen molar-refractivity contribution in [3.63, 3.8) is 0 Å². The number of nitrogens with one attached hydrogen (secondary N) is 2. The Morgan fingerprint density at radius 1 is 1.39 bits per heavy atom. The lowest BCUT2D eigenvalue weighted by Gasteiger charge is -2.21. The number of rotatable bonds is 2. The van der Waals surface area contributed by atoms with Gasteiger partial charge in [0.05, 0.1) is 24.9 Å². The quantitative estimate of drug-likeness (QED) is 0.839. The van der Waals surface area contributed by atoms with Crippen molar-refractivity contribution in [3.8, 4) is 11.4 Å². The second kappa shape index (κ2) is 4.88. The van der Waals surface area contributed by atoms with Crippen LogP contribution in [0.1, 0.15) is 17.6 Å². The van der Waals surface area contributed by atoms with E-state index in [1.54, 1.807) is 6.20 Å². The molecule has 3 rings (SSSR count). The van der Waals surface area contributed by atoms with Gasteiger partial charge in [0.25, 0.3) is 0 Å². The number of pyridine rings is 1. The second-order valence-corrected chi connectivity index (χ2v) is 4.39. The molecular weight excluding hydrogens is 228 g/mol. The Kier molecular flexibility index (Phi) is 3.08. The van der Waals surface area contributed by atoms with Gasteiger partial charge in [-0.2, -0.15) is 0 Å². The van der Waals surface area contributed by atoms with Crippen LogP contribution in [0.25, 0.3) is 11.4 Å². The first-order valence-corrected chi connectivity index (χ1v) is 6.13. The summed E-state index contributed by atoms with van der Waals surface area (Å²) in [5, 5.41) is 3.39. The highest BCUT2D eigenvalue weighted by atomic mass is 16.5. The zero-order valence-electron chi connectivity index (χ0n) is 10.3. The topological polar surface area (TPSA) is 62.8 Å². The fourth-order valence-electron chi connectivity index (χ4n) is 2.14. The SMILES string of the molecule is Cc1[nH]c(C2COCCN2)nc1-c1ccccn1. The average molecular weight is 244 g/mol. The monoisotopic (exact) mass is 244 g/mol. The molecular formula is C13H16N4O. The van der Waals surface area contributed by atoms with Crippen molar-refractivity contribution < 1.29 is 4.74 Å². The molecule has 0 aliphatic carbocycles. The lowest BCUT2D eigenvalue weighted by molar-refractivity contribution is 0.0745. The fraction of sp³-hybridized carbons (Fsp3) is 0.385. The summed E-state index contributed by atoms with van der Waals surface area (Å²) in [6.07, 6.45) is 1.78. The van der Waals surface area contributed by atoms with Gasteiger partial charge in [-0.1, -0.05) is 6.07 Å². The molecule has 1 aliphatic rings. The van der Waals surface area contributed by atoms with Crippen LogP contribution in [0.4, 0.5) is 0 Å². The van der Waals surface area contributed by atoms with E-state index in [0.717, 1.165) is 36.1 Å². The van der Waals surface area contributed by atoms with Gasteiger partial charge in [-0.05, 0) is 19.1 Å². The Labute approximate surface area is 106 Å². The van der Waals surface area contributed by atoms with E-state index in [1.807, 2.05) is 25.1 Å². The minimum atomic E-state index is 0.148. The average Bonchev–Trinajstić information content (AvgIpc) is 2.83. The van der Waals surface area contributed by atoms with Gasteiger partial charge < -0.3 is 15.0 Å². The number of imidazole rings is 1. The third-order valence-electron chi connectivity index (χ3n) is 3.06. The van der Waals surface area contributed by atoms with Gasteiger partial charge in [0.1, 0.15) is 11.5 Å². The molecule has 5 heteroatoms. The molecule has 2 aromatic heterocycles. The third kappa shape index (κ3) is 2.14. The molecule has 2 N–H and O–H groups in total. The van der Waals surface area contributed by atoms with Crippen molar-refractivity contribution in [2.24, 2.45) is 0 Å². The Bertz CT molecular complexity index is 517. The smallest absolute Gasteiger partial charge is 0.126 e. The number of H-pyrrole nitrogens is 1. The summed E-state index contributed by atoms with van der Waals surface area (Å²) in [5.74, 6) is 0.924. The number of hydrogen-bond donors (Lipinski definition) is 2. The minimum Gasteiger partial charge on any atom is -0.378 e. The van der Waals surface area contributed by atoms with Crippen LogP contribution >= 0.6 is 0 Å². The summed E-state index contributed by atoms with van der Waals surface area (Å²) < 4.78 is 5.45. The molecule has 2 aromatic rings. The molecule has 5 nitrogen and oxygen atoms in total. The maximum Gasteiger partial charge on any atom is 0.126 e. The van der Waals surface area contributed by atoms with E-state index in [2.05, 4.69) is 20.3 Å². The summed E-state index contributed by atoms with van der Waals surface area (Å²) in [6.45, 7) is 4.31. The molecule has 1 atom stereocenters. The van der Waals surface area contributed by atoms with Crippen LogP contribution in [0.3, 0.4) is 0 Å². The summed E-state index contributed by atoms with van der Waals surface area (Å²) in [7, 11) is 0. The molecule has 3 heterocycles. The van der Waals surface area contributed by atoms with Gasteiger partial charge in [-0.3, -0.25) is 4.98 Å². The Morgan fingerprint density at radius 2 is 2.33 bits per heavy atom. The van der Waals surface area contributed by atoms with Gasteiger partial charge in [0.2, 0.25) is 0 Å². The molecule has 0 spiro atoms. The highest BCUT2D eigenvalue weighted by Crippen LogP contribution is 2.22. The van der Waals surface area contributed by atoms with E-state index in [0.29, 0.717) is 6.61 Å². The van der Waals surface area contributed by atoms with E-state index in [9.17, 15) is 0 Å². The Morgan fingerprint density at radius 3 is 3.06 bits per heavy atom. The van der Waals surface area contributed by atoms with Crippen molar-refractivity contribution in [3.05, 3.63) is 35.9 Å². The second-order valence-electron chi connectivity index (χ2n) is 4.39. The Balaban J connectivity index is 1.91. The zero-order chi connectivity index (χ0) is 12.4. The zero-order valence-corrected chi connectivity index (χ0v) is 10.3. The highest BCUT2D eigenvalue weighted by Gasteiger charge is 2.20. The normalized spacial score (nSPS) is 19.9. The maximum absolute atomic E-state index is 5.45. The van der Waals surface area contributed by atoms with E-state index >= 15 is 0 Å². The molecule has 0 radical (unpaired) electrons. The number of hydrogen-bond acceptors (Lipinski definition) is 4. The number of aromatic amines is 1. The van der Waals surface area contributed by atoms with Crippen molar-refractivity contribution in [1.82, 2.24) is 20.3 Å². The van der Waals surface area contributed by atoms with Crippen LogP contribution in [0.2, 0.25) is 0 Å². The molecule has 1 saturated heterocycles. The molecule has 94 valence electrons. The standard InChI is InChI=1S/C13H16N4O/c1-9-12(10-4-2-3-5-14-10)17-13(16-9)11-8-18-7-6-15-11/h2-5,11,15H,6-8H2,1H3,(H,16,17). The van der Waals surface area contributed by atoms with E-state index in [4.69, 9.17) is 4.74 Å². The number of aromatic nitrogens is 3. The molecule has 1 fully saturated rings. The predicted molar refractivity (Wildman–Crippen MR) is 68.1 cm³/mol. The van der Waals surface area contributed by atoms with Crippen LogP contribution in [-0.4, -0.2) is 34.7 Å². The largest absolute Gasteiger partial charge is 0.378 e. The van der Waals surface area contributed by atoms with Crippen molar-refractivity contribution in [2.75, 3.05) is 19.8 Å². The first-order chi connectivity index (χ1) is 8.84. The number of nitrogens with zero attached hydrogens (tertiary/aromatic N) is 2. The summed E-state index contributed by atoms with van der Waals surface area (Å²) >= 11 is 0. The molecule has 18 heavy (non-hydrogen) atoms. The Hall–Kier alpha value is -1.72. The summed E-state index contributed by atoms with van der Waals surface area (Å²) in [4.78, 5) is 12.3. The van der Waals surface area contributed by atoms with Crippen molar-refractivity contribution in [1.29, 1.82) is 0 Å². The number of ether oxygens (including phenoxy) is 1. The van der Waals surface area contributed by atoms with Gasteiger partial charge >= 0.3 is 0 Å². The van der Waals surface area contributed by atoms with Gasteiger partial charge in [0, 0.05) is 18.4 Å². The minimum absolute atomic E-state index is 0.148. The third-order valence-corrected chi connectivity index (χ3v) is 3.06. The van der Waals surface area contributed by atoms with Crippen molar-refractivity contribution >= 4 is 0 Å². The van der Waals surface area contributed by atoms with Crippen LogP contribution in [-0.2, 0) is 4.74 Å². The van der Waals surface area contributed by atoms with Gasteiger partial charge in [-0.25, -0.2) is 4.98 Å². The van der Waals surface area contributed by atoms with E-state index in [-0.39, 0.29) is 6.04 Å². The molecule has 1 aliphatic heterocycles. The molecule has 0 saturated carbocycles. The number of aryl methyl sites for hydroxylation is 1. The molecule has 0 amide bonds. The van der Waals surface area contributed by atoms with Crippen LogP contribution < -0.4 is 5.32 Å². The van der Waals surface area contributed by atoms with Gasteiger partial charge in [0.15, 0.2) is 0 Å². The van der Waals surface area contributed by atoms with Crippen molar-refractivity contribution in [2.45, 2.75) is 13.0 Å². The lowest BCUT2D eigenvalue weighted by Crippen LogP contribution is -2.35. The van der Waals surface area contributed by atoms with E-state index in [1.165, 1.54) is 0 Å². The lowest BCUT2D eigenvalue weighted by atomic mass is 10.2. The van der Waals surface area contributed by atoms with Crippen LogP contribution in [0.15, 0.2) is 24.4 Å². The number of morpholine rings is 1. The van der Waals surface area contributed by atoms with Crippen LogP contribution in [0.5, 0.6) is 0 Å². The van der Waals surface area contributed by atoms with Gasteiger partial charge in [-0.15, -0.1) is 0 Å². The maximum atomic E-state index is 5.45.